The fourth-order valence-electron chi connectivity index (χ4n) is 5.24. The number of alkyl halides is 3. The minimum atomic E-state index is -4.65. The molecule has 1 amide bonds. The number of nitrogens with one attached hydrogen (secondary N) is 2. The molecule has 5 rings (SSSR count). The lowest BCUT2D eigenvalue weighted by atomic mass is 10.0. The number of likely N-dealkylation sites (tertiary alicyclic amines) is 1. The lowest BCUT2D eigenvalue weighted by molar-refractivity contribution is -0.138. The van der Waals surface area contributed by atoms with E-state index in [2.05, 4.69) is 20.7 Å². The molecule has 2 aliphatic rings. The van der Waals surface area contributed by atoms with E-state index in [-0.39, 0.29) is 17.0 Å². The van der Waals surface area contributed by atoms with Gasteiger partial charge in [-0.2, -0.15) is 13.2 Å². The Morgan fingerprint density at radius 1 is 1.07 bits per heavy atom. The molecule has 1 fully saturated rings. The SMILES string of the molecule is COc1cncc(C2=CN(c3cc(C(=O)Nc4cc(CN5CCCC5)c(OC)c(C(F)(F)F)c4)ccc3C)NN2C)c1. The van der Waals surface area contributed by atoms with Crippen molar-refractivity contribution in [1.29, 1.82) is 0 Å². The van der Waals surface area contributed by atoms with Crippen molar-refractivity contribution >= 4 is 23.0 Å². The highest BCUT2D eigenvalue weighted by Gasteiger charge is 2.36. The van der Waals surface area contributed by atoms with Gasteiger partial charge in [0.15, 0.2) is 0 Å². The molecule has 3 aromatic rings. The fraction of sp³-hybridized carbons (Fsp3) is 0.333. The van der Waals surface area contributed by atoms with Crippen LogP contribution in [0.4, 0.5) is 24.5 Å². The third-order valence-corrected chi connectivity index (χ3v) is 7.37. The minimum absolute atomic E-state index is 0.0520. The number of hydrogen-bond acceptors (Lipinski definition) is 8. The Morgan fingerprint density at radius 2 is 1.83 bits per heavy atom. The smallest absolute Gasteiger partial charge is 0.420 e. The number of hydrazine groups is 2. The lowest BCUT2D eigenvalue weighted by Crippen LogP contribution is -2.38. The van der Waals surface area contributed by atoms with Crippen LogP contribution in [0.2, 0.25) is 0 Å². The predicted molar refractivity (Wildman–Crippen MR) is 154 cm³/mol. The molecular formula is C30H33F3N6O3. The van der Waals surface area contributed by atoms with Crippen LogP contribution in [0.5, 0.6) is 11.5 Å². The molecule has 12 heteroatoms. The Balaban J connectivity index is 1.43. The molecule has 0 spiro atoms. The Labute approximate surface area is 242 Å². The van der Waals surface area contributed by atoms with Gasteiger partial charge in [0, 0.05) is 48.4 Å². The van der Waals surface area contributed by atoms with Crippen LogP contribution < -0.4 is 25.3 Å². The molecule has 3 heterocycles. The third kappa shape index (κ3) is 6.14. The summed E-state index contributed by atoms with van der Waals surface area (Å²) in [7, 11) is 4.65. The second kappa shape index (κ2) is 11.9. The maximum Gasteiger partial charge on any atom is 0.420 e. The number of aromatic nitrogens is 1. The Morgan fingerprint density at radius 3 is 2.52 bits per heavy atom. The van der Waals surface area contributed by atoms with Crippen molar-refractivity contribution in [2.24, 2.45) is 0 Å². The lowest BCUT2D eigenvalue weighted by Gasteiger charge is -2.23. The summed E-state index contributed by atoms with van der Waals surface area (Å²) >= 11 is 0. The van der Waals surface area contributed by atoms with Crippen LogP contribution in [-0.2, 0) is 12.7 Å². The quantitative estimate of drug-likeness (QED) is 0.363. The summed E-state index contributed by atoms with van der Waals surface area (Å²) in [6, 6.07) is 9.47. The van der Waals surface area contributed by atoms with Crippen molar-refractivity contribution in [2.75, 3.05) is 44.7 Å². The molecule has 1 aromatic heterocycles. The number of carbonyl (C=O) groups is 1. The summed E-state index contributed by atoms with van der Waals surface area (Å²) in [5.74, 6) is -0.135. The van der Waals surface area contributed by atoms with Crippen molar-refractivity contribution in [3.05, 3.63) is 82.8 Å². The summed E-state index contributed by atoms with van der Waals surface area (Å²) in [4.78, 5) is 19.7. The van der Waals surface area contributed by atoms with E-state index in [9.17, 15) is 18.0 Å². The van der Waals surface area contributed by atoms with Gasteiger partial charge in [0.05, 0.1) is 37.4 Å². The number of anilines is 2. The molecule has 222 valence electrons. The van der Waals surface area contributed by atoms with E-state index in [4.69, 9.17) is 9.47 Å². The molecule has 42 heavy (non-hydrogen) atoms. The maximum absolute atomic E-state index is 14.0. The molecule has 0 atom stereocenters. The molecule has 0 aliphatic carbocycles. The Bertz CT molecular complexity index is 1500. The van der Waals surface area contributed by atoms with E-state index in [1.54, 1.807) is 53.8 Å². The van der Waals surface area contributed by atoms with Gasteiger partial charge in [-0.15, -0.1) is 5.53 Å². The van der Waals surface area contributed by atoms with Crippen molar-refractivity contribution in [1.82, 2.24) is 20.4 Å². The Kier molecular flexibility index (Phi) is 8.28. The van der Waals surface area contributed by atoms with E-state index < -0.39 is 17.6 Å². The second-order valence-electron chi connectivity index (χ2n) is 10.3. The zero-order valence-electron chi connectivity index (χ0n) is 23.9. The van der Waals surface area contributed by atoms with Crippen LogP contribution in [0.25, 0.3) is 5.70 Å². The first-order valence-corrected chi connectivity index (χ1v) is 13.5. The normalized spacial score (nSPS) is 15.6. The first kappa shape index (κ1) is 29.2. The van der Waals surface area contributed by atoms with Crippen LogP contribution in [0.15, 0.2) is 55.0 Å². The number of benzene rings is 2. The Hall–Kier alpha value is -4.29. The molecule has 2 aromatic carbocycles. The summed E-state index contributed by atoms with van der Waals surface area (Å²) < 4.78 is 52.6. The van der Waals surface area contributed by atoms with Gasteiger partial charge in [-0.05, 0) is 68.8 Å². The third-order valence-electron chi connectivity index (χ3n) is 7.37. The number of ether oxygens (including phenoxy) is 2. The second-order valence-corrected chi connectivity index (χ2v) is 10.3. The number of halogens is 3. The van der Waals surface area contributed by atoms with E-state index >= 15 is 0 Å². The maximum atomic E-state index is 14.0. The molecule has 9 nitrogen and oxygen atoms in total. The van der Waals surface area contributed by atoms with E-state index in [1.165, 1.54) is 7.11 Å². The minimum Gasteiger partial charge on any atom is -0.496 e. The monoisotopic (exact) mass is 582 g/mol. The van der Waals surface area contributed by atoms with Gasteiger partial charge in [-0.3, -0.25) is 24.7 Å². The van der Waals surface area contributed by atoms with E-state index in [1.807, 2.05) is 26.2 Å². The highest BCUT2D eigenvalue weighted by Crippen LogP contribution is 2.41. The standard InChI is InChI=1S/C30H33F3N6O3/c1-19-7-8-20(13-26(19)39-18-27(37(2)36-39)21-12-24(41-3)16-34-15-21)29(40)35-23-11-22(17-38-9-5-6-10-38)28(42-4)25(14-23)30(31,32)33/h7-8,11-16,18,36H,5-6,9-10,17H2,1-4H3,(H,35,40). The molecule has 1 saturated heterocycles. The number of rotatable bonds is 8. The van der Waals surface area contributed by atoms with Gasteiger partial charge in [0.1, 0.15) is 11.5 Å². The molecular weight excluding hydrogens is 549 g/mol. The van der Waals surface area contributed by atoms with Crippen molar-refractivity contribution in [3.63, 3.8) is 0 Å². The molecule has 0 bridgehead atoms. The van der Waals surface area contributed by atoms with Crippen LogP contribution in [0.1, 0.15) is 45.5 Å². The summed E-state index contributed by atoms with van der Waals surface area (Å²) in [6.07, 6.45) is 2.54. The average molecular weight is 583 g/mol. The van der Waals surface area contributed by atoms with Gasteiger partial charge in [-0.25, -0.2) is 0 Å². The van der Waals surface area contributed by atoms with Crippen LogP contribution >= 0.6 is 0 Å². The van der Waals surface area contributed by atoms with Gasteiger partial charge in [0.25, 0.3) is 5.91 Å². The number of carbonyl (C=O) groups excluding carboxylic acids is 1. The average Bonchev–Trinajstić information content (AvgIpc) is 3.62. The molecule has 2 aliphatic heterocycles. The van der Waals surface area contributed by atoms with Crippen molar-refractivity contribution < 1.29 is 27.4 Å². The number of aryl methyl sites for hydroxylation is 1. The molecule has 0 saturated carbocycles. The largest absolute Gasteiger partial charge is 0.496 e. The fourth-order valence-corrected chi connectivity index (χ4v) is 5.24. The summed E-state index contributed by atoms with van der Waals surface area (Å²) in [6.45, 7) is 3.81. The number of amides is 1. The summed E-state index contributed by atoms with van der Waals surface area (Å²) in [5.41, 5.74) is 6.23. The number of hydrogen-bond donors (Lipinski definition) is 2. The van der Waals surface area contributed by atoms with Crippen molar-refractivity contribution in [3.8, 4) is 11.5 Å². The number of pyridine rings is 1. The number of methoxy groups -OCH3 is 2. The van der Waals surface area contributed by atoms with Gasteiger partial charge >= 0.3 is 6.18 Å². The van der Waals surface area contributed by atoms with Crippen molar-refractivity contribution in [2.45, 2.75) is 32.5 Å². The first-order chi connectivity index (χ1) is 20.1. The first-order valence-electron chi connectivity index (χ1n) is 13.5. The predicted octanol–water partition coefficient (Wildman–Crippen LogP) is 5.44. The van der Waals surface area contributed by atoms with Crippen LogP contribution in [-0.4, -0.2) is 55.2 Å². The molecule has 0 unspecified atom stereocenters. The van der Waals surface area contributed by atoms with Gasteiger partial charge in [-0.1, -0.05) is 6.07 Å². The van der Waals surface area contributed by atoms with E-state index in [0.29, 0.717) is 23.5 Å². The zero-order valence-corrected chi connectivity index (χ0v) is 23.9. The van der Waals surface area contributed by atoms with Crippen LogP contribution in [0.3, 0.4) is 0 Å². The molecule has 0 radical (unpaired) electrons. The van der Waals surface area contributed by atoms with E-state index in [0.717, 1.165) is 48.8 Å². The zero-order chi connectivity index (χ0) is 30.0. The van der Waals surface area contributed by atoms with Crippen LogP contribution in [0, 0.1) is 6.92 Å². The van der Waals surface area contributed by atoms with Gasteiger partial charge < -0.3 is 14.8 Å². The number of nitrogens with zero attached hydrogens (tertiary/aromatic N) is 4. The van der Waals surface area contributed by atoms with Gasteiger partial charge in [0.2, 0.25) is 0 Å². The molecule has 2 N–H and O–H groups in total. The topological polar surface area (TPSA) is 82.2 Å². The highest BCUT2D eigenvalue weighted by molar-refractivity contribution is 6.05. The summed E-state index contributed by atoms with van der Waals surface area (Å²) in [5, 5.41) is 6.25. The highest BCUT2D eigenvalue weighted by atomic mass is 19.4.